The molecule has 2 amide bonds. The number of nitrogens with zero attached hydrogens (tertiary/aromatic N) is 2. The molecule has 198 valence electrons. The highest BCUT2D eigenvalue weighted by molar-refractivity contribution is 5.92. The average molecular weight is 509 g/mol. The summed E-state index contributed by atoms with van der Waals surface area (Å²) in [6.07, 6.45) is 2.06. The summed E-state index contributed by atoms with van der Waals surface area (Å²) >= 11 is 0. The van der Waals surface area contributed by atoms with E-state index < -0.39 is 17.9 Å². The molecule has 3 N–H and O–H groups in total. The highest BCUT2D eigenvalue weighted by atomic mass is 16.5. The van der Waals surface area contributed by atoms with Gasteiger partial charge in [-0.3, -0.25) is 24.5 Å². The predicted octanol–water partition coefficient (Wildman–Crippen LogP) is 2.08. The Morgan fingerprint density at radius 1 is 1.08 bits per heavy atom. The molecule has 37 heavy (non-hydrogen) atoms. The van der Waals surface area contributed by atoms with Crippen molar-refractivity contribution in [2.24, 2.45) is 5.92 Å². The van der Waals surface area contributed by atoms with Gasteiger partial charge in [-0.25, -0.2) is 5.48 Å². The number of ketones is 1. The van der Waals surface area contributed by atoms with Crippen LogP contribution in [0.1, 0.15) is 42.4 Å². The van der Waals surface area contributed by atoms with Crippen molar-refractivity contribution in [3.8, 4) is 0 Å². The van der Waals surface area contributed by atoms with Gasteiger partial charge >= 0.3 is 0 Å². The Morgan fingerprint density at radius 3 is 2.22 bits per heavy atom. The second-order valence-electron chi connectivity index (χ2n) is 9.79. The lowest BCUT2D eigenvalue weighted by molar-refractivity contribution is -0.133. The monoisotopic (exact) mass is 508 g/mol. The molecule has 9 heteroatoms. The first kappa shape index (κ1) is 26.9. The minimum atomic E-state index is -0.821. The van der Waals surface area contributed by atoms with Crippen molar-refractivity contribution in [3.63, 3.8) is 0 Å². The third kappa shape index (κ3) is 6.61. The molecule has 0 radical (unpaired) electrons. The first-order valence-corrected chi connectivity index (χ1v) is 12.9. The highest BCUT2D eigenvalue weighted by Crippen LogP contribution is 2.30. The van der Waals surface area contributed by atoms with Gasteiger partial charge in [0, 0.05) is 25.3 Å². The molecule has 2 aromatic carbocycles. The van der Waals surface area contributed by atoms with E-state index >= 15 is 0 Å². The van der Waals surface area contributed by atoms with Crippen molar-refractivity contribution in [1.29, 1.82) is 0 Å². The zero-order valence-corrected chi connectivity index (χ0v) is 21.3. The Balaban J connectivity index is 1.52. The van der Waals surface area contributed by atoms with Gasteiger partial charge in [-0.2, -0.15) is 0 Å². The SMILES string of the molecule is CC(=O)[C@@H](c1ccc(CN2CCOCC2)cc1)c1ccc(N(C=O)[C@H](C(=O)NO)C2CCNCC2)cc1. The van der Waals surface area contributed by atoms with Gasteiger partial charge in [-0.15, -0.1) is 0 Å². The molecule has 2 atom stereocenters. The first-order chi connectivity index (χ1) is 18.0. The summed E-state index contributed by atoms with van der Waals surface area (Å²) in [6.45, 7) is 7.27. The summed E-state index contributed by atoms with van der Waals surface area (Å²) in [7, 11) is 0. The molecule has 2 aliphatic rings. The predicted molar refractivity (Wildman–Crippen MR) is 139 cm³/mol. The molecule has 4 rings (SSSR count). The van der Waals surface area contributed by atoms with Crippen LogP contribution in [0.15, 0.2) is 48.5 Å². The van der Waals surface area contributed by atoms with Crippen molar-refractivity contribution in [2.75, 3.05) is 44.3 Å². The fourth-order valence-corrected chi connectivity index (χ4v) is 5.41. The number of ether oxygens (including phenoxy) is 1. The fourth-order valence-electron chi connectivity index (χ4n) is 5.41. The van der Waals surface area contributed by atoms with Crippen LogP contribution in [0, 0.1) is 5.92 Å². The zero-order chi connectivity index (χ0) is 26.2. The Bertz CT molecular complexity index is 1050. The van der Waals surface area contributed by atoms with Crippen LogP contribution < -0.4 is 15.7 Å². The van der Waals surface area contributed by atoms with Gasteiger partial charge in [0.2, 0.25) is 6.41 Å². The molecule has 9 nitrogen and oxygen atoms in total. The van der Waals surface area contributed by atoms with Crippen molar-refractivity contribution in [1.82, 2.24) is 15.7 Å². The molecule has 2 heterocycles. The summed E-state index contributed by atoms with van der Waals surface area (Å²) in [5.41, 5.74) is 5.18. The van der Waals surface area contributed by atoms with Gasteiger partial charge in [-0.1, -0.05) is 36.4 Å². The van der Waals surface area contributed by atoms with Crippen LogP contribution in [0.25, 0.3) is 0 Å². The lowest BCUT2D eigenvalue weighted by Crippen LogP contribution is -2.52. The number of Topliss-reactive ketones (excluding diaryl/α,β-unsaturated/α-hetero) is 1. The van der Waals surface area contributed by atoms with Crippen molar-refractivity contribution < 1.29 is 24.3 Å². The standard InChI is InChI=1S/C28H36N4O5/c1-20(34)26(22-4-2-21(3-5-22)18-31-14-16-37-17-15-31)23-6-8-25(9-7-23)32(19-33)27(28(35)30-36)24-10-12-29-13-11-24/h2-9,19,24,26-27,29,36H,10-18H2,1H3,(H,30,35)/t26-,27-/m0/s1. The smallest absolute Gasteiger partial charge is 0.266 e. The number of amides is 2. The number of carbonyl (C=O) groups is 3. The maximum Gasteiger partial charge on any atom is 0.266 e. The molecular formula is C28H36N4O5. The Hall–Kier alpha value is -3.11. The number of anilines is 1. The van der Waals surface area contributed by atoms with Crippen LogP contribution in [0.4, 0.5) is 5.69 Å². The lowest BCUT2D eigenvalue weighted by Gasteiger charge is -2.35. The third-order valence-corrected chi connectivity index (χ3v) is 7.38. The van der Waals surface area contributed by atoms with Crippen molar-refractivity contribution >= 4 is 23.8 Å². The Morgan fingerprint density at radius 2 is 1.68 bits per heavy atom. The van der Waals surface area contributed by atoms with Crippen LogP contribution in [0.2, 0.25) is 0 Å². The van der Waals surface area contributed by atoms with Gasteiger partial charge < -0.3 is 15.0 Å². The van der Waals surface area contributed by atoms with Crippen LogP contribution in [0.3, 0.4) is 0 Å². The van der Waals surface area contributed by atoms with E-state index in [0.717, 1.165) is 57.1 Å². The quantitative estimate of drug-likeness (QED) is 0.256. The number of rotatable bonds is 10. The van der Waals surface area contributed by atoms with Gasteiger partial charge in [0.1, 0.15) is 11.8 Å². The van der Waals surface area contributed by atoms with E-state index in [-0.39, 0.29) is 11.7 Å². The van der Waals surface area contributed by atoms with Gasteiger partial charge in [-0.05, 0) is 67.6 Å². The van der Waals surface area contributed by atoms with E-state index in [9.17, 15) is 19.6 Å². The van der Waals surface area contributed by atoms with Gasteiger partial charge in [0.25, 0.3) is 5.91 Å². The topological polar surface area (TPSA) is 111 Å². The molecule has 0 spiro atoms. The van der Waals surface area contributed by atoms with Crippen LogP contribution in [-0.4, -0.2) is 73.6 Å². The Kier molecular flexibility index (Phi) is 9.40. The van der Waals surface area contributed by atoms with Crippen LogP contribution in [-0.2, 0) is 25.7 Å². The van der Waals surface area contributed by atoms with E-state index in [1.54, 1.807) is 24.5 Å². The molecule has 0 aliphatic carbocycles. The number of hydrogen-bond acceptors (Lipinski definition) is 7. The highest BCUT2D eigenvalue weighted by Gasteiger charge is 2.35. The van der Waals surface area contributed by atoms with E-state index in [0.29, 0.717) is 24.9 Å². The number of benzene rings is 2. The van der Waals surface area contributed by atoms with Gasteiger partial charge in [0.15, 0.2) is 0 Å². The lowest BCUT2D eigenvalue weighted by atomic mass is 9.87. The summed E-state index contributed by atoms with van der Waals surface area (Å²) < 4.78 is 5.42. The third-order valence-electron chi connectivity index (χ3n) is 7.38. The number of hydrogen-bond donors (Lipinski definition) is 3. The summed E-state index contributed by atoms with van der Waals surface area (Å²) in [5.74, 6) is -1.11. The number of piperidine rings is 1. The molecule has 2 aliphatic heterocycles. The Labute approximate surface area is 217 Å². The van der Waals surface area contributed by atoms with E-state index in [1.807, 2.05) is 24.3 Å². The molecule has 0 bridgehead atoms. The molecule has 0 aromatic heterocycles. The normalized spacial score (nSPS) is 18.5. The summed E-state index contributed by atoms with van der Waals surface area (Å²) in [5, 5.41) is 12.6. The first-order valence-electron chi connectivity index (χ1n) is 12.9. The molecule has 2 saturated heterocycles. The molecule has 0 unspecified atom stereocenters. The van der Waals surface area contributed by atoms with E-state index in [4.69, 9.17) is 4.74 Å². The van der Waals surface area contributed by atoms with Crippen molar-refractivity contribution in [2.45, 2.75) is 38.3 Å². The van der Waals surface area contributed by atoms with E-state index in [2.05, 4.69) is 22.3 Å². The van der Waals surface area contributed by atoms with Crippen LogP contribution in [0.5, 0.6) is 0 Å². The van der Waals surface area contributed by atoms with Gasteiger partial charge in [0.05, 0.1) is 19.1 Å². The second kappa shape index (κ2) is 12.9. The van der Waals surface area contributed by atoms with Crippen molar-refractivity contribution in [3.05, 3.63) is 65.2 Å². The summed E-state index contributed by atoms with van der Waals surface area (Å²) in [6, 6.07) is 14.5. The average Bonchev–Trinajstić information content (AvgIpc) is 2.94. The fraction of sp³-hybridized carbons (Fsp3) is 0.464. The zero-order valence-electron chi connectivity index (χ0n) is 21.3. The molecule has 2 aromatic rings. The number of morpholine rings is 1. The van der Waals surface area contributed by atoms with E-state index in [1.165, 1.54) is 10.5 Å². The summed E-state index contributed by atoms with van der Waals surface area (Å²) in [4.78, 5) is 41.1. The molecule has 0 saturated carbocycles. The maximum absolute atomic E-state index is 12.7. The minimum absolute atomic E-state index is 0.0214. The van der Waals surface area contributed by atoms with Crippen LogP contribution >= 0.6 is 0 Å². The molecule has 2 fully saturated rings. The minimum Gasteiger partial charge on any atom is -0.379 e. The second-order valence-corrected chi connectivity index (χ2v) is 9.79. The molecular weight excluding hydrogens is 472 g/mol. The number of carbonyl (C=O) groups excluding carboxylic acids is 3. The number of hydroxylamine groups is 1. The maximum atomic E-state index is 12.7. The number of nitrogens with one attached hydrogen (secondary N) is 2. The largest absolute Gasteiger partial charge is 0.379 e.